The second kappa shape index (κ2) is 10.9. The van der Waals surface area contributed by atoms with Crippen molar-refractivity contribution < 1.29 is 19.8 Å². The second-order valence-electron chi connectivity index (χ2n) is 7.47. The molecule has 4 nitrogen and oxygen atoms in total. The van der Waals surface area contributed by atoms with Crippen LogP contribution in [0.2, 0.25) is 0 Å². The number of hydrogen-bond donors (Lipinski definition) is 2. The molecule has 0 saturated carbocycles. The van der Waals surface area contributed by atoms with Crippen molar-refractivity contribution in [2.24, 2.45) is 11.8 Å². The number of carboxylic acids is 1. The van der Waals surface area contributed by atoms with Crippen LogP contribution in [0.5, 0.6) is 0 Å². The SMILES string of the molecule is CC(C)=CCCC(C)(O)/C=C/[C@@H]1C=CC(=O)[C@@H]1C/C=C\CCCC(=O)O. The summed E-state index contributed by atoms with van der Waals surface area (Å²) in [7, 11) is 0. The van der Waals surface area contributed by atoms with Gasteiger partial charge in [-0.25, -0.2) is 0 Å². The molecule has 0 bridgehead atoms. The van der Waals surface area contributed by atoms with Crippen molar-refractivity contribution >= 4 is 11.8 Å². The van der Waals surface area contributed by atoms with Crippen LogP contribution in [0.4, 0.5) is 0 Å². The molecule has 0 aromatic carbocycles. The van der Waals surface area contributed by atoms with Gasteiger partial charge in [-0.1, -0.05) is 42.0 Å². The molecular formula is C22H32O4. The number of rotatable bonds is 11. The summed E-state index contributed by atoms with van der Waals surface area (Å²) in [4.78, 5) is 22.5. The van der Waals surface area contributed by atoms with E-state index in [9.17, 15) is 14.7 Å². The Bertz CT molecular complexity index is 589. The van der Waals surface area contributed by atoms with Crippen LogP contribution in [0.25, 0.3) is 0 Å². The molecule has 1 rings (SSSR count). The van der Waals surface area contributed by atoms with Gasteiger partial charge in [0.25, 0.3) is 0 Å². The summed E-state index contributed by atoms with van der Waals surface area (Å²) < 4.78 is 0. The first-order valence-electron chi connectivity index (χ1n) is 9.35. The van der Waals surface area contributed by atoms with Gasteiger partial charge < -0.3 is 10.2 Å². The van der Waals surface area contributed by atoms with Gasteiger partial charge in [0, 0.05) is 18.3 Å². The van der Waals surface area contributed by atoms with Crippen LogP contribution in [0.1, 0.15) is 59.3 Å². The zero-order valence-corrected chi connectivity index (χ0v) is 16.1. The summed E-state index contributed by atoms with van der Waals surface area (Å²) in [6, 6.07) is 0. The van der Waals surface area contributed by atoms with Gasteiger partial charge in [-0.2, -0.15) is 0 Å². The maximum Gasteiger partial charge on any atom is 0.303 e. The summed E-state index contributed by atoms with van der Waals surface area (Å²) in [5.41, 5.74) is 0.354. The van der Waals surface area contributed by atoms with Crippen molar-refractivity contribution in [2.45, 2.75) is 64.9 Å². The van der Waals surface area contributed by atoms with E-state index in [1.54, 1.807) is 13.0 Å². The molecule has 0 saturated heterocycles. The maximum absolute atomic E-state index is 12.1. The topological polar surface area (TPSA) is 74.6 Å². The summed E-state index contributed by atoms with van der Waals surface area (Å²) in [6.45, 7) is 5.87. The summed E-state index contributed by atoms with van der Waals surface area (Å²) >= 11 is 0. The molecule has 26 heavy (non-hydrogen) atoms. The molecule has 4 heteroatoms. The van der Waals surface area contributed by atoms with Gasteiger partial charge in [-0.3, -0.25) is 9.59 Å². The third-order valence-electron chi connectivity index (χ3n) is 4.51. The van der Waals surface area contributed by atoms with E-state index in [4.69, 9.17) is 5.11 Å². The normalized spacial score (nSPS) is 22.2. The van der Waals surface area contributed by atoms with Crippen molar-refractivity contribution in [1.82, 2.24) is 0 Å². The van der Waals surface area contributed by atoms with Crippen LogP contribution >= 0.6 is 0 Å². The number of unbranched alkanes of at least 4 members (excludes halogenated alkanes) is 1. The molecule has 0 aliphatic heterocycles. The Hall–Kier alpha value is -1.94. The molecule has 0 amide bonds. The summed E-state index contributed by atoms with van der Waals surface area (Å²) in [5.74, 6) is -0.800. The monoisotopic (exact) mass is 360 g/mol. The van der Waals surface area contributed by atoms with Gasteiger partial charge in [-0.05, 0) is 59.0 Å². The van der Waals surface area contributed by atoms with Crippen molar-refractivity contribution in [3.63, 3.8) is 0 Å². The zero-order chi connectivity index (χ0) is 19.6. The van der Waals surface area contributed by atoms with E-state index < -0.39 is 11.6 Å². The smallest absolute Gasteiger partial charge is 0.303 e. The Kier molecular flexibility index (Phi) is 9.28. The average Bonchev–Trinajstić information content (AvgIpc) is 2.88. The fraction of sp³-hybridized carbons (Fsp3) is 0.545. The quantitative estimate of drug-likeness (QED) is 0.417. The van der Waals surface area contributed by atoms with Crippen LogP contribution < -0.4 is 0 Å². The lowest BCUT2D eigenvalue weighted by Gasteiger charge is -2.20. The Morgan fingerprint density at radius 3 is 2.65 bits per heavy atom. The highest BCUT2D eigenvalue weighted by Crippen LogP contribution is 2.28. The molecule has 0 aromatic rings. The number of allylic oxidation sites excluding steroid dienone is 7. The van der Waals surface area contributed by atoms with Crippen LogP contribution in [0.3, 0.4) is 0 Å². The number of carboxylic acid groups (broad SMARTS) is 1. The highest BCUT2D eigenvalue weighted by atomic mass is 16.4. The number of carbonyl (C=O) groups excluding carboxylic acids is 1. The van der Waals surface area contributed by atoms with Gasteiger partial charge in [-0.15, -0.1) is 0 Å². The Morgan fingerprint density at radius 1 is 1.27 bits per heavy atom. The van der Waals surface area contributed by atoms with Gasteiger partial charge >= 0.3 is 5.97 Å². The predicted molar refractivity (Wildman–Crippen MR) is 105 cm³/mol. The molecular weight excluding hydrogens is 328 g/mol. The molecule has 0 radical (unpaired) electrons. The zero-order valence-electron chi connectivity index (χ0n) is 16.1. The fourth-order valence-electron chi connectivity index (χ4n) is 2.91. The second-order valence-corrected chi connectivity index (χ2v) is 7.47. The minimum absolute atomic E-state index is 0.00102. The molecule has 0 spiro atoms. The summed E-state index contributed by atoms with van der Waals surface area (Å²) in [6.07, 6.45) is 16.9. The molecule has 2 N–H and O–H groups in total. The molecule has 1 unspecified atom stereocenters. The molecule has 3 atom stereocenters. The maximum atomic E-state index is 12.1. The van der Waals surface area contributed by atoms with Crippen molar-refractivity contribution in [3.05, 3.63) is 48.1 Å². The molecule has 144 valence electrons. The number of aliphatic carboxylic acids is 1. The third-order valence-corrected chi connectivity index (χ3v) is 4.51. The third kappa shape index (κ3) is 8.95. The highest BCUT2D eigenvalue weighted by Gasteiger charge is 2.28. The minimum Gasteiger partial charge on any atom is -0.481 e. The Morgan fingerprint density at radius 2 is 2.00 bits per heavy atom. The van der Waals surface area contributed by atoms with E-state index in [2.05, 4.69) is 6.08 Å². The number of carbonyl (C=O) groups is 2. The molecule has 0 aromatic heterocycles. The first-order valence-corrected chi connectivity index (χ1v) is 9.35. The fourth-order valence-corrected chi connectivity index (χ4v) is 2.91. The average molecular weight is 360 g/mol. The lowest BCUT2D eigenvalue weighted by atomic mass is 9.89. The van der Waals surface area contributed by atoms with Crippen LogP contribution in [0, 0.1) is 11.8 Å². The van der Waals surface area contributed by atoms with Crippen LogP contribution in [-0.4, -0.2) is 27.6 Å². The standard InChI is InChI=1S/C22H32O4/c1-17(2)9-8-15-22(3,26)16-14-18-12-13-20(23)19(18)10-6-4-5-7-11-21(24)25/h4,6,9,12-14,16,18-19,26H,5,7-8,10-11,15H2,1-3H3,(H,24,25)/b6-4-,16-14+/t18-,19+,22?/m0/s1. The number of aliphatic hydroxyl groups is 1. The van der Waals surface area contributed by atoms with E-state index in [-0.39, 0.29) is 24.0 Å². The highest BCUT2D eigenvalue weighted by molar-refractivity contribution is 5.95. The Balaban J connectivity index is 2.52. The van der Waals surface area contributed by atoms with Gasteiger partial charge in [0.05, 0.1) is 5.60 Å². The minimum atomic E-state index is -0.886. The number of hydrogen-bond acceptors (Lipinski definition) is 3. The molecule has 0 heterocycles. The first kappa shape index (κ1) is 22.1. The molecule has 1 aliphatic carbocycles. The van der Waals surface area contributed by atoms with E-state index in [0.717, 1.165) is 6.42 Å². The van der Waals surface area contributed by atoms with Gasteiger partial charge in [0.1, 0.15) is 0 Å². The van der Waals surface area contributed by atoms with Crippen LogP contribution in [0.15, 0.2) is 48.1 Å². The lowest BCUT2D eigenvalue weighted by molar-refractivity contribution is -0.137. The van der Waals surface area contributed by atoms with E-state index >= 15 is 0 Å². The van der Waals surface area contributed by atoms with Gasteiger partial charge in [0.2, 0.25) is 0 Å². The summed E-state index contributed by atoms with van der Waals surface area (Å²) in [5, 5.41) is 19.1. The molecule has 1 aliphatic rings. The lowest BCUT2D eigenvalue weighted by Crippen LogP contribution is -2.21. The molecule has 0 fully saturated rings. The Labute approximate surface area is 157 Å². The largest absolute Gasteiger partial charge is 0.481 e. The van der Waals surface area contributed by atoms with E-state index in [0.29, 0.717) is 25.7 Å². The van der Waals surface area contributed by atoms with E-state index in [1.807, 2.05) is 44.2 Å². The van der Waals surface area contributed by atoms with Gasteiger partial charge in [0.15, 0.2) is 5.78 Å². The number of ketones is 1. The van der Waals surface area contributed by atoms with E-state index in [1.165, 1.54) is 5.57 Å². The van der Waals surface area contributed by atoms with Crippen molar-refractivity contribution in [1.29, 1.82) is 0 Å². The van der Waals surface area contributed by atoms with Crippen molar-refractivity contribution in [3.8, 4) is 0 Å². The van der Waals surface area contributed by atoms with Crippen LogP contribution in [-0.2, 0) is 9.59 Å². The predicted octanol–water partition coefficient (Wildman–Crippen LogP) is 4.61. The van der Waals surface area contributed by atoms with Crippen molar-refractivity contribution in [2.75, 3.05) is 0 Å². The first-order chi connectivity index (χ1) is 12.2.